The first-order valence-corrected chi connectivity index (χ1v) is 10.5. The molecule has 0 aliphatic carbocycles. The van der Waals surface area contributed by atoms with Gasteiger partial charge in [0, 0.05) is 25.5 Å². The molecular weight excluding hydrogens is 369 g/mol. The molecule has 1 aromatic heterocycles. The SMILES string of the molecule is Cc1cc(F)ccc1S(=O)(=O)NCCS(=O)(=O)NCc1cccnc1. The Kier molecular flexibility index (Phi) is 6.22. The number of aryl methyl sites for hydroxylation is 1. The number of halogens is 1. The van der Waals surface area contributed by atoms with Crippen molar-refractivity contribution >= 4 is 20.0 Å². The minimum Gasteiger partial charge on any atom is -0.264 e. The summed E-state index contributed by atoms with van der Waals surface area (Å²) in [6.07, 6.45) is 3.10. The molecule has 7 nitrogen and oxygen atoms in total. The van der Waals surface area contributed by atoms with Crippen molar-refractivity contribution in [3.05, 3.63) is 59.7 Å². The summed E-state index contributed by atoms with van der Waals surface area (Å²) in [7, 11) is -7.58. The van der Waals surface area contributed by atoms with Crippen molar-refractivity contribution in [1.29, 1.82) is 0 Å². The van der Waals surface area contributed by atoms with Gasteiger partial charge in [-0.15, -0.1) is 0 Å². The van der Waals surface area contributed by atoms with Gasteiger partial charge in [0.15, 0.2) is 0 Å². The number of benzene rings is 1. The highest BCUT2D eigenvalue weighted by Crippen LogP contribution is 2.15. The number of pyridine rings is 1. The average Bonchev–Trinajstić information content (AvgIpc) is 2.53. The van der Waals surface area contributed by atoms with Gasteiger partial charge in [-0.2, -0.15) is 0 Å². The first kappa shape index (κ1) is 19.4. The highest BCUT2D eigenvalue weighted by Gasteiger charge is 2.18. The van der Waals surface area contributed by atoms with Crippen LogP contribution in [0.15, 0.2) is 47.6 Å². The van der Waals surface area contributed by atoms with Crippen LogP contribution in [0.25, 0.3) is 0 Å². The van der Waals surface area contributed by atoms with Gasteiger partial charge in [-0.05, 0) is 42.3 Å². The molecule has 0 spiro atoms. The van der Waals surface area contributed by atoms with Crippen LogP contribution < -0.4 is 9.44 Å². The fourth-order valence-electron chi connectivity index (χ4n) is 2.07. The van der Waals surface area contributed by atoms with Crippen LogP contribution >= 0.6 is 0 Å². The summed E-state index contributed by atoms with van der Waals surface area (Å²) < 4.78 is 65.8. The second kappa shape index (κ2) is 8.00. The van der Waals surface area contributed by atoms with Crippen LogP contribution in [0.5, 0.6) is 0 Å². The fraction of sp³-hybridized carbons (Fsp3) is 0.267. The Hall–Kier alpha value is -1.88. The van der Waals surface area contributed by atoms with E-state index in [1.54, 1.807) is 18.3 Å². The Morgan fingerprint density at radius 2 is 1.88 bits per heavy atom. The number of nitrogens with zero attached hydrogens (tertiary/aromatic N) is 1. The molecule has 1 heterocycles. The monoisotopic (exact) mass is 387 g/mol. The maximum absolute atomic E-state index is 13.1. The van der Waals surface area contributed by atoms with E-state index in [-0.39, 0.29) is 23.5 Å². The number of aromatic nitrogens is 1. The molecule has 2 aromatic rings. The third kappa shape index (κ3) is 5.85. The van der Waals surface area contributed by atoms with Gasteiger partial charge >= 0.3 is 0 Å². The van der Waals surface area contributed by atoms with Crippen molar-refractivity contribution < 1.29 is 21.2 Å². The van der Waals surface area contributed by atoms with E-state index in [4.69, 9.17) is 0 Å². The van der Waals surface area contributed by atoms with Gasteiger partial charge in [-0.25, -0.2) is 30.7 Å². The zero-order valence-electron chi connectivity index (χ0n) is 13.4. The van der Waals surface area contributed by atoms with E-state index < -0.39 is 31.6 Å². The lowest BCUT2D eigenvalue weighted by Crippen LogP contribution is -2.34. The van der Waals surface area contributed by atoms with E-state index in [0.717, 1.165) is 18.2 Å². The van der Waals surface area contributed by atoms with Crippen LogP contribution in [0, 0.1) is 12.7 Å². The molecule has 0 saturated heterocycles. The Morgan fingerprint density at radius 1 is 1.12 bits per heavy atom. The molecule has 0 radical (unpaired) electrons. The Morgan fingerprint density at radius 3 is 2.52 bits per heavy atom. The summed E-state index contributed by atoms with van der Waals surface area (Å²) in [6.45, 7) is 1.23. The second-order valence-electron chi connectivity index (χ2n) is 5.31. The Labute approximate surface area is 146 Å². The minimum atomic E-state index is -3.92. The summed E-state index contributed by atoms with van der Waals surface area (Å²) in [5.74, 6) is -0.967. The molecule has 0 amide bonds. The first-order valence-electron chi connectivity index (χ1n) is 7.32. The van der Waals surface area contributed by atoms with Gasteiger partial charge in [-0.1, -0.05) is 6.07 Å². The first-order chi connectivity index (χ1) is 11.7. The van der Waals surface area contributed by atoms with Crippen molar-refractivity contribution in [3.63, 3.8) is 0 Å². The number of hydrogen-bond acceptors (Lipinski definition) is 5. The van der Waals surface area contributed by atoms with Crippen LogP contribution in [0.3, 0.4) is 0 Å². The van der Waals surface area contributed by atoms with Gasteiger partial charge in [-0.3, -0.25) is 4.98 Å². The molecule has 136 valence electrons. The molecular formula is C15H18FN3O4S2. The molecule has 0 saturated carbocycles. The van der Waals surface area contributed by atoms with E-state index in [0.29, 0.717) is 5.56 Å². The van der Waals surface area contributed by atoms with Crippen molar-refractivity contribution in [2.75, 3.05) is 12.3 Å². The number of nitrogens with one attached hydrogen (secondary N) is 2. The lowest BCUT2D eigenvalue weighted by molar-refractivity contribution is 0.574. The van der Waals surface area contributed by atoms with Crippen molar-refractivity contribution in [2.45, 2.75) is 18.4 Å². The van der Waals surface area contributed by atoms with E-state index >= 15 is 0 Å². The Balaban J connectivity index is 1.92. The van der Waals surface area contributed by atoms with E-state index in [2.05, 4.69) is 14.4 Å². The quantitative estimate of drug-likeness (QED) is 0.701. The van der Waals surface area contributed by atoms with Crippen LogP contribution in [-0.2, 0) is 26.6 Å². The van der Waals surface area contributed by atoms with Gasteiger partial charge in [0.1, 0.15) is 5.82 Å². The molecule has 0 unspecified atom stereocenters. The second-order valence-corrected chi connectivity index (χ2v) is 8.97. The van der Waals surface area contributed by atoms with Crippen molar-refractivity contribution in [1.82, 2.24) is 14.4 Å². The lowest BCUT2D eigenvalue weighted by atomic mass is 10.2. The van der Waals surface area contributed by atoms with Crippen molar-refractivity contribution in [2.24, 2.45) is 0 Å². The zero-order chi connectivity index (χ0) is 18.5. The molecule has 1 aromatic carbocycles. The summed E-state index contributed by atoms with van der Waals surface area (Å²) >= 11 is 0. The van der Waals surface area contributed by atoms with E-state index in [1.807, 2.05) is 0 Å². The number of sulfonamides is 2. The van der Waals surface area contributed by atoms with E-state index in [9.17, 15) is 21.2 Å². The highest BCUT2D eigenvalue weighted by atomic mass is 32.2. The number of rotatable bonds is 8. The zero-order valence-corrected chi connectivity index (χ0v) is 15.1. The van der Waals surface area contributed by atoms with Crippen LogP contribution in [0.1, 0.15) is 11.1 Å². The van der Waals surface area contributed by atoms with Gasteiger partial charge in [0.2, 0.25) is 20.0 Å². The molecule has 25 heavy (non-hydrogen) atoms. The smallest absolute Gasteiger partial charge is 0.240 e. The molecule has 2 N–H and O–H groups in total. The number of hydrogen-bond donors (Lipinski definition) is 2. The molecule has 0 bridgehead atoms. The van der Waals surface area contributed by atoms with Gasteiger partial charge < -0.3 is 0 Å². The topological polar surface area (TPSA) is 105 Å². The summed E-state index contributed by atoms with van der Waals surface area (Å²) in [6, 6.07) is 6.68. The molecule has 0 aliphatic rings. The predicted octanol–water partition coefficient (Wildman–Crippen LogP) is 0.927. The van der Waals surface area contributed by atoms with Crippen molar-refractivity contribution in [3.8, 4) is 0 Å². The maximum Gasteiger partial charge on any atom is 0.240 e. The lowest BCUT2D eigenvalue weighted by Gasteiger charge is -2.10. The Bertz CT molecular complexity index is 933. The normalized spacial score (nSPS) is 12.2. The molecule has 0 fully saturated rings. The minimum absolute atomic E-state index is 0.0694. The largest absolute Gasteiger partial charge is 0.264 e. The summed E-state index contributed by atoms with van der Waals surface area (Å²) in [5, 5.41) is 0. The molecule has 0 aliphatic heterocycles. The molecule has 2 rings (SSSR count). The highest BCUT2D eigenvalue weighted by molar-refractivity contribution is 7.90. The summed E-state index contributed by atoms with van der Waals surface area (Å²) in [5.41, 5.74) is 0.929. The molecule has 10 heteroatoms. The van der Waals surface area contributed by atoms with Crippen LogP contribution in [-0.4, -0.2) is 34.1 Å². The fourth-order valence-corrected chi connectivity index (χ4v) is 4.36. The molecule has 0 atom stereocenters. The van der Waals surface area contributed by atoms with Crippen LogP contribution in [0.2, 0.25) is 0 Å². The standard InChI is InChI=1S/C15H18FN3O4S2/c1-12-9-14(16)4-5-15(12)25(22,23)18-7-8-24(20,21)19-11-13-3-2-6-17-10-13/h2-6,9-10,18-19H,7-8,11H2,1H3. The maximum atomic E-state index is 13.1. The predicted molar refractivity (Wildman–Crippen MR) is 91.2 cm³/mol. The van der Waals surface area contributed by atoms with Crippen LogP contribution in [0.4, 0.5) is 4.39 Å². The average molecular weight is 387 g/mol. The third-order valence-corrected chi connectivity index (χ3v) is 6.26. The van der Waals surface area contributed by atoms with Gasteiger partial charge in [0.25, 0.3) is 0 Å². The van der Waals surface area contributed by atoms with Gasteiger partial charge in [0.05, 0.1) is 10.6 Å². The van der Waals surface area contributed by atoms with E-state index in [1.165, 1.54) is 13.1 Å². The summed E-state index contributed by atoms with van der Waals surface area (Å²) in [4.78, 5) is 3.79. The third-order valence-electron chi connectivity index (χ3n) is 3.31.